The first-order chi connectivity index (χ1) is 12.5. The molecule has 1 saturated heterocycles. The number of ether oxygens (including phenoxy) is 1. The Morgan fingerprint density at radius 1 is 1.41 bits per heavy atom. The average Bonchev–Trinajstić information content (AvgIpc) is 2.61. The SMILES string of the molecule is CN=C(NCCOc1ccccc1C(C)C)N1CCCC(CC(N)=O)C1.I. The summed E-state index contributed by atoms with van der Waals surface area (Å²) in [4.78, 5) is 17.8. The van der Waals surface area contributed by atoms with Gasteiger partial charge < -0.3 is 20.7 Å². The number of piperidine rings is 1. The molecule has 1 atom stereocenters. The van der Waals surface area contributed by atoms with Crippen molar-refractivity contribution in [2.24, 2.45) is 16.6 Å². The molecular formula is C20H33IN4O2. The first-order valence-electron chi connectivity index (χ1n) is 9.47. The molecule has 1 aliphatic rings. The van der Waals surface area contributed by atoms with E-state index in [1.54, 1.807) is 7.05 Å². The molecule has 1 unspecified atom stereocenters. The maximum atomic E-state index is 11.2. The second-order valence-corrected chi connectivity index (χ2v) is 7.14. The number of aliphatic imine (C=N–C) groups is 1. The molecule has 1 amide bonds. The van der Waals surface area contributed by atoms with Gasteiger partial charge in [0.05, 0.1) is 6.54 Å². The summed E-state index contributed by atoms with van der Waals surface area (Å²) in [5, 5.41) is 3.37. The second kappa shape index (κ2) is 12.0. The molecule has 6 nitrogen and oxygen atoms in total. The van der Waals surface area contributed by atoms with Crippen LogP contribution in [0.1, 0.15) is 44.6 Å². The summed E-state index contributed by atoms with van der Waals surface area (Å²) >= 11 is 0. The predicted octanol–water partition coefficient (Wildman–Crippen LogP) is 2.97. The summed E-state index contributed by atoms with van der Waals surface area (Å²) in [6.45, 7) is 7.35. The van der Waals surface area contributed by atoms with Gasteiger partial charge in [0.2, 0.25) is 5.91 Å². The van der Waals surface area contributed by atoms with Gasteiger partial charge in [0.15, 0.2) is 5.96 Å². The lowest BCUT2D eigenvalue weighted by atomic mass is 9.95. The van der Waals surface area contributed by atoms with Gasteiger partial charge in [-0.25, -0.2) is 0 Å². The zero-order valence-corrected chi connectivity index (χ0v) is 18.9. The molecule has 0 radical (unpaired) electrons. The quantitative estimate of drug-likeness (QED) is 0.268. The lowest BCUT2D eigenvalue weighted by Crippen LogP contribution is -2.48. The number of para-hydroxylation sites is 1. The minimum Gasteiger partial charge on any atom is -0.491 e. The third kappa shape index (κ3) is 7.56. The highest BCUT2D eigenvalue weighted by molar-refractivity contribution is 14.0. The molecule has 0 saturated carbocycles. The summed E-state index contributed by atoms with van der Waals surface area (Å²) in [5.74, 6) is 2.33. The third-order valence-corrected chi connectivity index (χ3v) is 4.70. The Morgan fingerprint density at radius 2 is 2.15 bits per heavy atom. The van der Waals surface area contributed by atoms with Crippen LogP contribution in [-0.2, 0) is 4.79 Å². The number of primary amides is 1. The van der Waals surface area contributed by atoms with Crippen LogP contribution >= 0.6 is 24.0 Å². The molecule has 27 heavy (non-hydrogen) atoms. The van der Waals surface area contributed by atoms with E-state index in [9.17, 15) is 4.79 Å². The second-order valence-electron chi connectivity index (χ2n) is 7.14. The molecule has 2 rings (SSSR count). The van der Waals surface area contributed by atoms with E-state index in [1.165, 1.54) is 5.56 Å². The van der Waals surface area contributed by atoms with E-state index in [4.69, 9.17) is 10.5 Å². The van der Waals surface area contributed by atoms with E-state index >= 15 is 0 Å². The van der Waals surface area contributed by atoms with Crippen LogP contribution < -0.4 is 15.8 Å². The Morgan fingerprint density at radius 3 is 2.81 bits per heavy atom. The monoisotopic (exact) mass is 488 g/mol. The zero-order valence-electron chi connectivity index (χ0n) is 16.6. The van der Waals surface area contributed by atoms with Gasteiger partial charge in [-0.05, 0) is 36.3 Å². The van der Waals surface area contributed by atoms with Crippen molar-refractivity contribution in [2.45, 2.75) is 39.0 Å². The van der Waals surface area contributed by atoms with Crippen LogP contribution in [0, 0.1) is 5.92 Å². The lowest BCUT2D eigenvalue weighted by molar-refractivity contribution is -0.119. The van der Waals surface area contributed by atoms with Crippen molar-refractivity contribution >= 4 is 35.8 Å². The summed E-state index contributed by atoms with van der Waals surface area (Å²) in [6.07, 6.45) is 2.55. The van der Waals surface area contributed by atoms with E-state index < -0.39 is 0 Å². The standard InChI is InChI=1S/C20H32N4O2.HI/c1-15(2)17-8-4-5-9-18(17)26-12-10-23-20(22-3)24-11-6-7-16(14-24)13-19(21)25;/h4-5,8-9,15-16H,6-7,10-14H2,1-3H3,(H2,21,25)(H,22,23);1H. The third-order valence-electron chi connectivity index (χ3n) is 4.70. The van der Waals surface area contributed by atoms with Crippen molar-refractivity contribution in [3.05, 3.63) is 29.8 Å². The highest BCUT2D eigenvalue weighted by Gasteiger charge is 2.23. The van der Waals surface area contributed by atoms with Gasteiger partial charge >= 0.3 is 0 Å². The Kier molecular flexibility index (Phi) is 10.5. The highest BCUT2D eigenvalue weighted by Crippen LogP contribution is 2.25. The van der Waals surface area contributed by atoms with Gasteiger partial charge in [0.25, 0.3) is 0 Å². The molecule has 1 aromatic rings. The Bertz CT molecular complexity index is 622. The minimum atomic E-state index is -0.225. The largest absolute Gasteiger partial charge is 0.491 e. The number of rotatable bonds is 7. The van der Waals surface area contributed by atoms with Gasteiger partial charge in [-0.1, -0.05) is 32.0 Å². The summed E-state index contributed by atoms with van der Waals surface area (Å²) in [7, 11) is 1.79. The summed E-state index contributed by atoms with van der Waals surface area (Å²) < 4.78 is 5.96. The summed E-state index contributed by atoms with van der Waals surface area (Å²) in [6, 6.07) is 8.17. The number of carbonyl (C=O) groups excluding carboxylic acids is 1. The van der Waals surface area contributed by atoms with Crippen LogP contribution in [0.3, 0.4) is 0 Å². The Labute approximate surface area is 179 Å². The van der Waals surface area contributed by atoms with Crippen molar-refractivity contribution in [1.82, 2.24) is 10.2 Å². The topological polar surface area (TPSA) is 80.0 Å². The minimum absolute atomic E-state index is 0. The van der Waals surface area contributed by atoms with Gasteiger partial charge in [-0.3, -0.25) is 9.79 Å². The molecule has 7 heteroatoms. The number of hydrogen-bond acceptors (Lipinski definition) is 3. The number of carbonyl (C=O) groups is 1. The first kappa shape index (κ1) is 23.5. The fourth-order valence-corrected chi connectivity index (χ4v) is 3.45. The van der Waals surface area contributed by atoms with E-state index in [2.05, 4.69) is 35.1 Å². The summed E-state index contributed by atoms with van der Waals surface area (Å²) in [5.41, 5.74) is 6.57. The molecule has 0 spiro atoms. The molecular weight excluding hydrogens is 455 g/mol. The molecule has 1 aliphatic heterocycles. The van der Waals surface area contributed by atoms with E-state index in [0.29, 0.717) is 31.4 Å². The van der Waals surface area contributed by atoms with Crippen molar-refractivity contribution in [2.75, 3.05) is 33.3 Å². The average molecular weight is 488 g/mol. The van der Waals surface area contributed by atoms with Crippen LogP contribution in [-0.4, -0.2) is 50.1 Å². The molecule has 3 N–H and O–H groups in total. The molecule has 0 aromatic heterocycles. The number of hydrogen-bond donors (Lipinski definition) is 2. The number of nitrogens with one attached hydrogen (secondary N) is 1. The van der Waals surface area contributed by atoms with E-state index in [-0.39, 0.29) is 29.9 Å². The fraction of sp³-hybridized carbons (Fsp3) is 0.600. The number of nitrogens with two attached hydrogens (primary N) is 1. The van der Waals surface area contributed by atoms with E-state index in [0.717, 1.165) is 37.6 Å². The molecule has 0 bridgehead atoms. The highest BCUT2D eigenvalue weighted by atomic mass is 127. The van der Waals surface area contributed by atoms with Crippen molar-refractivity contribution in [3.8, 4) is 5.75 Å². The van der Waals surface area contributed by atoms with Crippen LogP contribution in [0.4, 0.5) is 0 Å². The van der Waals surface area contributed by atoms with Crippen molar-refractivity contribution in [1.29, 1.82) is 0 Å². The predicted molar refractivity (Wildman–Crippen MR) is 121 cm³/mol. The smallest absolute Gasteiger partial charge is 0.217 e. The van der Waals surface area contributed by atoms with Crippen LogP contribution in [0.15, 0.2) is 29.3 Å². The number of guanidine groups is 1. The maximum Gasteiger partial charge on any atom is 0.217 e. The normalized spacial score (nSPS) is 17.4. The molecule has 1 heterocycles. The first-order valence-corrected chi connectivity index (χ1v) is 9.47. The fourth-order valence-electron chi connectivity index (χ4n) is 3.45. The zero-order chi connectivity index (χ0) is 18.9. The lowest BCUT2D eigenvalue weighted by Gasteiger charge is -2.34. The Balaban J connectivity index is 0.00000364. The van der Waals surface area contributed by atoms with Gasteiger partial charge in [-0.2, -0.15) is 0 Å². The van der Waals surface area contributed by atoms with Gasteiger partial charge in [-0.15, -0.1) is 24.0 Å². The number of halogens is 1. The maximum absolute atomic E-state index is 11.2. The number of nitrogens with zero attached hydrogens (tertiary/aromatic N) is 2. The number of amides is 1. The molecule has 0 aliphatic carbocycles. The van der Waals surface area contributed by atoms with Crippen LogP contribution in [0.5, 0.6) is 5.75 Å². The van der Waals surface area contributed by atoms with Crippen molar-refractivity contribution in [3.63, 3.8) is 0 Å². The number of likely N-dealkylation sites (tertiary alicyclic amines) is 1. The molecule has 1 fully saturated rings. The molecule has 1 aromatic carbocycles. The molecule has 152 valence electrons. The number of benzene rings is 1. The van der Waals surface area contributed by atoms with Gasteiger partial charge in [0, 0.05) is 26.6 Å². The van der Waals surface area contributed by atoms with E-state index in [1.807, 2.05) is 18.2 Å². The Hall–Kier alpha value is -1.51. The van der Waals surface area contributed by atoms with Crippen molar-refractivity contribution < 1.29 is 9.53 Å². The van der Waals surface area contributed by atoms with Crippen LogP contribution in [0.25, 0.3) is 0 Å². The van der Waals surface area contributed by atoms with Gasteiger partial charge in [0.1, 0.15) is 12.4 Å². The van der Waals surface area contributed by atoms with Crippen LogP contribution in [0.2, 0.25) is 0 Å².